The Morgan fingerprint density at radius 2 is 2.10 bits per heavy atom. The van der Waals surface area contributed by atoms with Crippen molar-refractivity contribution in [2.75, 3.05) is 11.9 Å². The molecule has 1 aliphatic rings. The van der Waals surface area contributed by atoms with Gasteiger partial charge in [-0.2, -0.15) is 9.78 Å². The number of anilines is 1. The molecular weight excluding hydrogens is 390 g/mol. The average Bonchev–Trinajstić information content (AvgIpc) is 3.03. The molecule has 0 radical (unpaired) electrons. The van der Waals surface area contributed by atoms with Crippen LogP contribution >= 0.6 is 11.6 Å². The van der Waals surface area contributed by atoms with Gasteiger partial charge in [0.25, 0.3) is 0 Å². The Labute approximate surface area is 174 Å². The normalized spacial score (nSPS) is 15.9. The van der Waals surface area contributed by atoms with Crippen molar-refractivity contribution in [1.29, 1.82) is 0 Å². The summed E-state index contributed by atoms with van der Waals surface area (Å²) in [4.78, 5) is 12.5. The first kappa shape index (κ1) is 19.4. The Morgan fingerprint density at radius 3 is 2.83 bits per heavy atom. The number of hydrogen-bond acceptors (Lipinski definition) is 5. The third-order valence-electron chi connectivity index (χ3n) is 4.78. The number of nitrogens with zero attached hydrogens (tertiary/aromatic N) is 4. The van der Waals surface area contributed by atoms with E-state index in [1.54, 1.807) is 16.8 Å². The van der Waals surface area contributed by atoms with Crippen molar-refractivity contribution in [2.24, 2.45) is 5.92 Å². The molecule has 1 N–H and O–H groups in total. The number of carbonyl (C=O) groups excluding carboxylic acids is 1. The lowest BCUT2D eigenvalue weighted by Crippen LogP contribution is -2.25. The standard InChI is InChI=1S/C21H22ClN5O2/c1-12(2)11-29-15-6-4-5-14(9-15)16-10-19(28)23-21-20(16)13(3)26-27(21)18-8-7-17(22)24-25-18/h4-9,12,16H,10-11H2,1-3H3,(H,23,28)/t16-/m1/s1. The highest BCUT2D eigenvalue weighted by atomic mass is 35.5. The van der Waals surface area contributed by atoms with Crippen LogP contribution in [0.3, 0.4) is 0 Å². The van der Waals surface area contributed by atoms with Gasteiger partial charge in [0.1, 0.15) is 11.6 Å². The van der Waals surface area contributed by atoms with Crippen molar-refractivity contribution >= 4 is 23.3 Å². The van der Waals surface area contributed by atoms with Crippen LogP contribution in [-0.4, -0.2) is 32.5 Å². The van der Waals surface area contributed by atoms with Crippen LogP contribution in [0.25, 0.3) is 5.82 Å². The molecule has 7 nitrogen and oxygen atoms in total. The Bertz CT molecular complexity index is 1050. The summed E-state index contributed by atoms with van der Waals surface area (Å²) in [7, 11) is 0. The van der Waals surface area contributed by atoms with Gasteiger partial charge in [-0.15, -0.1) is 10.2 Å². The SMILES string of the molecule is Cc1nn(-c2ccc(Cl)nn2)c2c1[C@@H](c1cccc(OCC(C)C)c1)CC(=O)N2. The molecule has 3 aromatic rings. The maximum atomic E-state index is 12.5. The molecule has 3 heterocycles. The summed E-state index contributed by atoms with van der Waals surface area (Å²) >= 11 is 5.85. The van der Waals surface area contributed by atoms with E-state index in [9.17, 15) is 4.79 Å². The highest BCUT2D eigenvalue weighted by Crippen LogP contribution is 2.40. The first-order chi connectivity index (χ1) is 13.9. The predicted octanol–water partition coefficient (Wildman–Crippen LogP) is 4.13. The van der Waals surface area contributed by atoms with Gasteiger partial charge in [-0.05, 0) is 42.7 Å². The molecule has 2 aromatic heterocycles. The number of carbonyl (C=O) groups is 1. The third-order valence-corrected chi connectivity index (χ3v) is 4.98. The third kappa shape index (κ3) is 3.96. The molecule has 1 amide bonds. The van der Waals surface area contributed by atoms with Crippen LogP contribution in [0.4, 0.5) is 5.82 Å². The largest absolute Gasteiger partial charge is 0.493 e. The van der Waals surface area contributed by atoms with Gasteiger partial charge in [0, 0.05) is 17.9 Å². The van der Waals surface area contributed by atoms with Crippen LogP contribution in [-0.2, 0) is 4.79 Å². The number of ether oxygens (including phenoxy) is 1. The van der Waals surface area contributed by atoms with Crippen LogP contribution in [0.15, 0.2) is 36.4 Å². The van der Waals surface area contributed by atoms with Gasteiger partial charge in [-0.25, -0.2) is 0 Å². The number of nitrogens with one attached hydrogen (secondary N) is 1. The lowest BCUT2D eigenvalue weighted by Gasteiger charge is -2.24. The molecule has 0 unspecified atom stereocenters. The van der Waals surface area contributed by atoms with Gasteiger partial charge in [-0.1, -0.05) is 37.6 Å². The fraction of sp³-hybridized carbons (Fsp3) is 0.333. The van der Waals surface area contributed by atoms with E-state index in [0.29, 0.717) is 35.7 Å². The number of fused-ring (bicyclic) bond motifs is 1. The number of aromatic nitrogens is 4. The van der Waals surface area contributed by atoms with Crippen LogP contribution in [0.5, 0.6) is 5.75 Å². The van der Waals surface area contributed by atoms with Gasteiger partial charge in [0.2, 0.25) is 5.91 Å². The summed E-state index contributed by atoms with van der Waals surface area (Å²) in [5.74, 6) is 2.17. The summed E-state index contributed by atoms with van der Waals surface area (Å²) in [5.41, 5.74) is 2.82. The second-order valence-corrected chi connectivity index (χ2v) is 7.94. The molecule has 0 saturated heterocycles. The van der Waals surface area contributed by atoms with E-state index >= 15 is 0 Å². The van der Waals surface area contributed by atoms with Crippen molar-refractivity contribution in [3.63, 3.8) is 0 Å². The van der Waals surface area contributed by atoms with Crippen LogP contribution in [0, 0.1) is 12.8 Å². The number of halogens is 1. The topological polar surface area (TPSA) is 81.9 Å². The molecule has 0 spiro atoms. The quantitative estimate of drug-likeness (QED) is 0.682. The Hall–Kier alpha value is -2.93. The zero-order chi connectivity index (χ0) is 20.5. The monoisotopic (exact) mass is 411 g/mol. The minimum absolute atomic E-state index is 0.0703. The maximum Gasteiger partial charge on any atom is 0.226 e. The van der Waals surface area contributed by atoms with Gasteiger partial charge >= 0.3 is 0 Å². The number of aryl methyl sites for hydroxylation is 1. The lowest BCUT2D eigenvalue weighted by atomic mass is 9.86. The minimum atomic E-state index is -0.115. The van der Waals surface area contributed by atoms with Gasteiger partial charge in [-0.3, -0.25) is 4.79 Å². The van der Waals surface area contributed by atoms with E-state index in [2.05, 4.69) is 34.5 Å². The van der Waals surface area contributed by atoms with E-state index in [1.807, 2.05) is 31.2 Å². The molecule has 29 heavy (non-hydrogen) atoms. The predicted molar refractivity (Wildman–Crippen MR) is 111 cm³/mol. The van der Waals surface area contributed by atoms with E-state index in [1.165, 1.54) is 0 Å². The maximum absolute atomic E-state index is 12.5. The van der Waals surface area contributed by atoms with Crippen molar-refractivity contribution in [3.8, 4) is 11.6 Å². The minimum Gasteiger partial charge on any atom is -0.493 e. The van der Waals surface area contributed by atoms with Gasteiger partial charge < -0.3 is 10.1 Å². The first-order valence-electron chi connectivity index (χ1n) is 9.54. The van der Waals surface area contributed by atoms with E-state index < -0.39 is 0 Å². The summed E-state index contributed by atoms with van der Waals surface area (Å²) in [6, 6.07) is 11.3. The number of amides is 1. The highest BCUT2D eigenvalue weighted by Gasteiger charge is 2.33. The molecule has 0 bridgehead atoms. The molecule has 0 saturated carbocycles. The fourth-order valence-corrected chi connectivity index (χ4v) is 3.60. The smallest absolute Gasteiger partial charge is 0.226 e. The van der Waals surface area contributed by atoms with Gasteiger partial charge in [0.05, 0.1) is 12.3 Å². The number of hydrogen-bond donors (Lipinski definition) is 1. The van der Waals surface area contributed by atoms with Crippen molar-refractivity contribution in [2.45, 2.75) is 33.1 Å². The molecule has 4 rings (SSSR count). The molecule has 0 aliphatic carbocycles. The molecule has 1 aromatic carbocycles. The molecule has 1 aliphatic heterocycles. The van der Waals surface area contributed by atoms with E-state index in [4.69, 9.17) is 16.3 Å². The lowest BCUT2D eigenvalue weighted by molar-refractivity contribution is -0.116. The Balaban J connectivity index is 1.75. The zero-order valence-electron chi connectivity index (χ0n) is 16.5. The molecule has 8 heteroatoms. The van der Waals surface area contributed by atoms with Crippen LogP contribution in [0.2, 0.25) is 5.15 Å². The summed E-state index contributed by atoms with van der Waals surface area (Å²) in [5, 5.41) is 15.8. The van der Waals surface area contributed by atoms with Gasteiger partial charge in [0.15, 0.2) is 11.0 Å². The second kappa shape index (κ2) is 7.83. The summed E-state index contributed by atoms with van der Waals surface area (Å²) < 4.78 is 7.49. The highest BCUT2D eigenvalue weighted by molar-refractivity contribution is 6.29. The zero-order valence-corrected chi connectivity index (χ0v) is 17.3. The Morgan fingerprint density at radius 1 is 1.28 bits per heavy atom. The fourth-order valence-electron chi connectivity index (χ4n) is 3.50. The Kier molecular flexibility index (Phi) is 5.24. The number of benzene rings is 1. The van der Waals surface area contributed by atoms with Crippen molar-refractivity contribution in [3.05, 3.63) is 58.4 Å². The molecule has 0 fully saturated rings. The average molecular weight is 412 g/mol. The van der Waals surface area contributed by atoms with Crippen molar-refractivity contribution in [1.82, 2.24) is 20.0 Å². The molecular formula is C21H22ClN5O2. The van der Waals surface area contributed by atoms with Crippen LogP contribution in [0.1, 0.15) is 43.0 Å². The summed E-state index contributed by atoms with van der Waals surface area (Å²) in [6.45, 7) is 6.80. The second-order valence-electron chi connectivity index (χ2n) is 7.56. The molecule has 150 valence electrons. The van der Waals surface area contributed by atoms with E-state index in [0.717, 1.165) is 22.6 Å². The molecule has 1 atom stereocenters. The van der Waals surface area contributed by atoms with Crippen LogP contribution < -0.4 is 10.1 Å². The van der Waals surface area contributed by atoms with E-state index in [-0.39, 0.29) is 11.8 Å². The first-order valence-corrected chi connectivity index (χ1v) is 9.92. The summed E-state index contributed by atoms with van der Waals surface area (Å²) in [6.07, 6.45) is 0.347. The number of rotatable bonds is 5. The van der Waals surface area contributed by atoms with Crippen molar-refractivity contribution < 1.29 is 9.53 Å².